The van der Waals surface area contributed by atoms with E-state index in [1.54, 1.807) is 13.3 Å². The lowest BCUT2D eigenvalue weighted by molar-refractivity contribution is -0.146. The molecule has 0 spiro atoms. The summed E-state index contributed by atoms with van der Waals surface area (Å²) < 4.78 is 14.1. The molecule has 3 aromatic heterocycles. The number of thioether (sulfide) groups is 1. The molecule has 7 nitrogen and oxygen atoms in total. The zero-order valence-corrected chi connectivity index (χ0v) is 27.6. The van der Waals surface area contributed by atoms with Crippen molar-refractivity contribution in [3.8, 4) is 17.0 Å². The fourth-order valence-corrected chi connectivity index (χ4v) is 7.10. The van der Waals surface area contributed by atoms with Crippen LogP contribution in [0.4, 0.5) is 0 Å². The number of methoxy groups -OCH3 is 1. The molecular weight excluding hydrogens is 582 g/mol. The molecule has 1 fully saturated rings. The Labute approximate surface area is 269 Å². The number of benzene rings is 1. The molecule has 0 bridgehead atoms. The molecule has 3 heterocycles. The Hall–Kier alpha value is -3.88. The van der Waals surface area contributed by atoms with E-state index in [0.29, 0.717) is 25.5 Å². The molecule has 1 aromatic carbocycles. The number of hydrogen-bond donors (Lipinski definition) is 1. The van der Waals surface area contributed by atoms with Crippen molar-refractivity contribution in [1.29, 1.82) is 0 Å². The largest absolute Gasteiger partial charge is 0.481 e. The van der Waals surface area contributed by atoms with Gasteiger partial charge in [-0.2, -0.15) is 0 Å². The van der Waals surface area contributed by atoms with Crippen molar-refractivity contribution < 1.29 is 19.4 Å². The Morgan fingerprint density at radius 2 is 1.80 bits per heavy atom. The van der Waals surface area contributed by atoms with Crippen molar-refractivity contribution >= 4 is 29.9 Å². The number of fused-ring (bicyclic) bond motifs is 2. The third-order valence-corrected chi connectivity index (χ3v) is 9.81. The molecule has 1 saturated carbocycles. The molecular formula is C37H41N3O4S. The number of aromatic nitrogens is 3. The molecule has 8 heteroatoms. The first kappa shape index (κ1) is 31.1. The second-order valence-electron chi connectivity index (χ2n) is 13.7. The van der Waals surface area contributed by atoms with Gasteiger partial charge >= 0.3 is 5.97 Å². The number of carboxylic acid groups (broad SMARTS) is 1. The maximum Gasteiger partial charge on any atom is 0.309 e. The van der Waals surface area contributed by atoms with Crippen LogP contribution < -0.4 is 15.3 Å². The first-order chi connectivity index (χ1) is 21.4. The molecule has 0 aliphatic heterocycles. The highest BCUT2D eigenvalue weighted by Crippen LogP contribution is 2.51. The van der Waals surface area contributed by atoms with Gasteiger partial charge in [0.15, 0.2) is 0 Å². The third kappa shape index (κ3) is 6.58. The highest BCUT2D eigenvalue weighted by molar-refractivity contribution is 8.00. The summed E-state index contributed by atoms with van der Waals surface area (Å²) in [6, 6.07) is 18.3. The van der Waals surface area contributed by atoms with E-state index < -0.39 is 11.4 Å². The molecule has 2 atom stereocenters. The lowest BCUT2D eigenvalue weighted by Crippen LogP contribution is -2.37. The summed E-state index contributed by atoms with van der Waals surface area (Å²) in [4.78, 5) is 22.4. The maximum absolute atomic E-state index is 12.4. The number of nitrogens with zero attached hydrogens (tertiary/aromatic N) is 3. The van der Waals surface area contributed by atoms with Crippen molar-refractivity contribution in [3.05, 3.63) is 94.5 Å². The van der Waals surface area contributed by atoms with Crippen LogP contribution in [0.2, 0.25) is 0 Å². The topological polar surface area (TPSA) is 86.5 Å². The summed E-state index contributed by atoms with van der Waals surface area (Å²) >= 11 is 1.81. The lowest BCUT2D eigenvalue weighted by Gasteiger charge is -2.24. The molecule has 1 N–H and O–H groups in total. The van der Waals surface area contributed by atoms with E-state index in [4.69, 9.17) is 9.47 Å². The van der Waals surface area contributed by atoms with Gasteiger partial charge in [-0.05, 0) is 55.7 Å². The molecule has 234 valence electrons. The van der Waals surface area contributed by atoms with E-state index >= 15 is 0 Å². The number of aliphatic carboxylic acids is 1. The minimum atomic E-state index is -0.937. The Morgan fingerprint density at radius 1 is 1.04 bits per heavy atom. The zero-order valence-electron chi connectivity index (χ0n) is 26.8. The van der Waals surface area contributed by atoms with E-state index in [0.717, 1.165) is 50.0 Å². The van der Waals surface area contributed by atoms with Gasteiger partial charge in [0.2, 0.25) is 5.88 Å². The first-order valence-electron chi connectivity index (χ1n) is 15.4. The molecule has 0 radical (unpaired) electrons. The van der Waals surface area contributed by atoms with Crippen LogP contribution in [0.3, 0.4) is 0 Å². The Morgan fingerprint density at radius 3 is 2.42 bits per heavy atom. The molecule has 0 amide bonds. The average Bonchev–Trinajstić information content (AvgIpc) is 3.68. The second kappa shape index (κ2) is 11.8. The summed E-state index contributed by atoms with van der Waals surface area (Å²) in [6.45, 7) is 11.3. The van der Waals surface area contributed by atoms with Crippen LogP contribution in [0, 0.1) is 11.3 Å². The summed E-state index contributed by atoms with van der Waals surface area (Å²) in [5.41, 5.74) is 3.91. The highest BCUT2D eigenvalue weighted by Gasteiger charge is 2.54. The van der Waals surface area contributed by atoms with Crippen molar-refractivity contribution in [2.75, 3.05) is 7.11 Å². The minimum absolute atomic E-state index is 0.0770. The fraction of sp³-hybridized carbons (Fsp3) is 0.378. The van der Waals surface area contributed by atoms with E-state index in [1.165, 1.54) is 0 Å². The Kier molecular flexibility index (Phi) is 8.16. The number of carboxylic acids is 1. The molecule has 2 aliphatic carbocycles. The van der Waals surface area contributed by atoms with Gasteiger partial charge < -0.3 is 19.1 Å². The summed E-state index contributed by atoms with van der Waals surface area (Å²) in [5.74, 6) is 0.0480. The molecule has 2 unspecified atom stereocenters. The minimum Gasteiger partial charge on any atom is -0.481 e. The highest BCUT2D eigenvalue weighted by atomic mass is 32.2. The quantitative estimate of drug-likeness (QED) is 0.202. The van der Waals surface area contributed by atoms with Crippen molar-refractivity contribution in [2.24, 2.45) is 11.3 Å². The number of hydrogen-bond acceptors (Lipinski definition) is 6. The number of ether oxygens (including phenoxy) is 2. The monoisotopic (exact) mass is 623 g/mol. The van der Waals surface area contributed by atoms with Crippen molar-refractivity contribution in [1.82, 2.24) is 14.5 Å². The fourth-order valence-electron chi connectivity index (χ4n) is 5.92. The van der Waals surface area contributed by atoms with Gasteiger partial charge in [0, 0.05) is 68.8 Å². The van der Waals surface area contributed by atoms with Gasteiger partial charge in [0.1, 0.15) is 0 Å². The van der Waals surface area contributed by atoms with Crippen LogP contribution in [0.25, 0.3) is 23.3 Å². The van der Waals surface area contributed by atoms with E-state index in [2.05, 4.69) is 71.7 Å². The van der Waals surface area contributed by atoms with Gasteiger partial charge in [-0.1, -0.05) is 57.2 Å². The normalized spacial score (nSPS) is 18.8. The van der Waals surface area contributed by atoms with Crippen molar-refractivity contribution in [3.63, 3.8) is 0 Å². The molecule has 4 aromatic rings. The third-order valence-electron chi connectivity index (χ3n) is 8.54. The molecule has 0 saturated heterocycles. The van der Waals surface area contributed by atoms with Crippen LogP contribution in [0.1, 0.15) is 58.0 Å². The Balaban J connectivity index is 1.42. The SMILES string of the molecule is COc1ccc(-c2ccc(Cn3c(CC(C)(C)C(=O)O)c(SC(C)(C)C)c4c3=CC3CC3(OCc3ccccn3)C=4)cc2)cn1. The van der Waals surface area contributed by atoms with Crippen LogP contribution in [-0.4, -0.2) is 43.1 Å². The summed E-state index contributed by atoms with van der Waals surface area (Å²) in [7, 11) is 1.61. The standard InChI is InChI=1S/C37H41N3O4S/c1-35(2,3)45-33-29-19-37(44-23-28-9-7-8-16-38-28)18-27(37)17-30(29)40(31(33)20-36(4,5)34(41)42)22-24-10-12-25(13-11-24)26-14-15-32(43-6)39-21-26/h7-17,19,21,27H,18,20,22-23H2,1-6H3,(H,41,42). The molecule has 45 heavy (non-hydrogen) atoms. The summed E-state index contributed by atoms with van der Waals surface area (Å²) in [5, 5.41) is 12.5. The van der Waals surface area contributed by atoms with Crippen LogP contribution in [0.15, 0.2) is 71.9 Å². The van der Waals surface area contributed by atoms with E-state index in [9.17, 15) is 9.90 Å². The van der Waals surface area contributed by atoms with Gasteiger partial charge in [-0.15, -0.1) is 11.8 Å². The first-order valence-corrected chi connectivity index (χ1v) is 16.2. The number of pyridine rings is 2. The van der Waals surface area contributed by atoms with Gasteiger partial charge in [0.05, 0.1) is 30.4 Å². The van der Waals surface area contributed by atoms with Gasteiger partial charge in [-0.25, -0.2) is 4.98 Å². The van der Waals surface area contributed by atoms with Gasteiger partial charge in [0.25, 0.3) is 0 Å². The lowest BCUT2D eigenvalue weighted by atomic mass is 9.88. The summed E-state index contributed by atoms with van der Waals surface area (Å²) in [6.07, 6.45) is 9.63. The maximum atomic E-state index is 12.4. The zero-order chi connectivity index (χ0) is 32.0. The Bertz CT molecular complexity index is 1820. The van der Waals surface area contributed by atoms with E-state index in [1.807, 2.05) is 62.1 Å². The van der Waals surface area contributed by atoms with Crippen LogP contribution in [0.5, 0.6) is 5.88 Å². The van der Waals surface area contributed by atoms with E-state index in [-0.39, 0.29) is 16.3 Å². The van der Waals surface area contributed by atoms with Crippen molar-refractivity contribution in [2.45, 2.75) is 75.9 Å². The predicted molar refractivity (Wildman–Crippen MR) is 179 cm³/mol. The predicted octanol–water partition coefficient (Wildman–Crippen LogP) is 6.10. The van der Waals surface area contributed by atoms with Crippen LogP contribution in [-0.2, 0) is 29.1 Å². The average molecular weight is 624 g/mol. The van der Waals surface area contributed by atoms with Crippen LogP contribution >= 0.6 is 11.8 Å². The van der Waals surface area contributed by atoms with Gasteiger partial charge in [-0.3, -0.25) is 9.78 Å². The number of carbonyl (C=O) groups is 1. The second-order valence-corrected chi connectivity index (χ2v) is 15.6. The molecule has 6 rings (SSSR count). The smallest absolute Gasteiger partial charge is 0.309 e. The molecule has 2 aliphatic rings. The number of rotatable bonds is 11.